The molecule has 0 heterocycles. The van der Waals surface area contributed by atoms with Crippen LogP contribution in [0.25, 0.3) is 0 Å². The van der Waals surface area contributed by atoms with Gasteiger partial charge in [0.05, 0.1) is 13.7 Å². The predicted molar refractivity (Wildman–Crippen MR) is 79.9 cm³/mol. The fraction of sp³-hybridized carbons (Fsp3) is 0.867. The van der Waals surface area contributed by atoms with Crippen LogP contribution < -0.4 is 5.32 Å². The van der Waals surface area contributed by atoms with Crippen LogP contribution in [0.4, 0.5) is 0 Å². The highest BCUT2D eigenvalue weighted by atomic mass is 16.6. The van der Waals surface area contributed by atoms with E-state index in [-0.39, 0.29) is 24.4 Å². The van der Waals surface area contributed by atoms with Gasteiger partial charge in [0.1, 0.15) is 11.1 Å². The summed E-state index contributed by atoms with van der Waals surface area (Å²) >= 11 is 0. The minimum atomic E-state index is -0.721. The van der Waals surface area contributed by atoms with Crippen LogP contribution in [-0.4, -0.2) is 62.3 Å². The zero-order valence-corrected chi connectivity index (χ0v) is 14.0. The number of methoxy groups -OCH3 is 1. The van der Waals surface area contributed by atoms with Crippen LogP contribution in [0.15, 0.2) is 0 Å². The molecule has 0 aromatic carbocycles. The van der Waals surface area contributed by atoms with E-state index in [9.17, 15) is 9.59 Å². The number of carbonyl (C=O) groups excluding carboxylic acids is 2. The van der Waals surface area contributed by atoms with Gasteiger partial charge in [0.15, 0.2) is 0 Å². The second-order valence-corrected chi connectivity index (χ2v) is 6.90. The lowest BCUT2D eigenvalue weighted by Crippen LogP contribution is -2.46. The fourth-order valence-corrected chi connectivity index (χ4v) is 2.42. The number of carbonyl (C=O) groups is 2. The molecule has 21 heavy (non-hydrogen) atoms. The maximum atomic E-state index is 12.0. The number of hydrogen-bond donors (Lipinski definition) is 1. The molecule has 1 aliphatic rings. The quantitative estimate of drug-likeness (QED) is 0.702. The number of nitrogens with zero attached hydrogens (tertiary/aromatic N) is 1. The molecule has 0 aromatic rings. The average Bonchev–Trinajstić information content (AvgIpc) is 3.06. The van der Waals surface area contributed by atoms with Crippen LogP contribution in [0.3, 0.4) is 0 Å². The summed E-state index contributed by atoms with van der Waals surface area (Å²) in [5.41, 5.74) is -1.24. The molecular weight excluding hydrogens is 272 g/mol. The topological polar surface area (TPSA) is 67.9 Å². The van der Waals surface area contributed by atoms with Crippen LogP contribution in [0, 0.1) is 5.92 Å². The molecule has 1 rings (SSSR count). The zero-order chi connectivity index (χ0) is 16.3. The van der Waals surface area contributed by atoms with Gasteiger partial charge in [0.25, 0.3) is 0 Å². The summed E-state index contributed by atoms with van der Waals surface area (Å²) in [6, 6.07) is 0. The minimum Gasteiger partial charge on any atom is -0.468 e. The molecule has 2 atom stereocenters. The highest BCUT2D eigenvalue weighted by Crippen LogP contribution is 2.46. The molecule has 0 radical (unpaired) electrons. The monoisotopic (exact) mass is 300 g/mol. The predicted octanol–water partition coefficient (Wildman–Crippen LogP) is 0.801. The van der Waals surface area contributed by atoms with Crippen molar-refractivity contribution in [1.82, 2.24) is 10.2 Å². The lowest BCUT2D eigenvalue weighted by Gasteiger charge is -2.22. The Balaban J connectivity index is 2.54. The van der Waals surface area contributed by atoms with E-state index in [4.69, 9.17) is 9.47 Å². The lowest BCUT2D eigenvalue weighted by molar-refractivity contribution is -0.154. The third kappa shape index (κ3) is 5.28. The van der Waals surface area contributed by atoms with Gasteiger partial charge in [-0.3, -0.25) is 14.9 Å². The largest absolute Gasteiger partial charge is 0.468 e. The first-order chi connectivity index (χ1) is 9.60. The Morgan fingerprint density at radius 1 is 1.33 bits per heavy atom. The highest BCUT2D eigenvalue weighted by molar-refractivity contribution is 5.86. The number of rotatable bonds is 7. The summed E-state index contributed by atoms with van der Waals surface area (Å²) in [4.78, 5) is 25.8. The Kier molecular flexibility index (Phi) is 5.75. The maximum Gasteiger partial charge on any atom is 0.326 e. The summed E-state index contributed by atoms with van der Waals surface area (Å²) in [6.45, 7) is 6.37. The van der Waals surface area contributed by atoms with Gasteiger partial charge >= 0.3 is 11.9 Å². The molecule has 1 N–H and O–H groups in total. The van der Waals surface area contributed by atoms with E-state index in [1.807, 2.05) is 34.9 Å². The molecule has 0 bridgehead atoms. The summed E-state index contributed by atoms with van der Waals surface area (Å²) in [6.07, 6.45) is 1.60. The van der Waals surface area contributed by atoms with Crippen molar-refractivity contribution < 1.29 is 19.1 Å². The highest BCUT2D eigenvalue weighted by Gasteiger charge is 2.60. The lowest BCUT2D eigenvalue weighted by atomic mass is 10.1. The van der Waals surface area contributed by atoms with Gasteiger partial charge in [-0.25, -0.2) is 0 Å². The van der Waals surface area contributed by atoms with E-state index < -0.39 is 11.1 Å². The second-order valence-electron chi connectivity index (χ2n) is 6.90. The molecule has 1 saturated carbocycles. The summed E-state index contributed by atoms with van der Waals surface area (Å²) in [5, 5.41) is 3.05. The Labute approximate surface area is 127 Å². The van der Waals surface area contributed by atoms with Crippen molar-refractivity contribution in [2.24, 2.45) is 5.92 Å². The third-order valence-corrected chi connectivity index (χ3v) is 3.55. The van der Waals surface area contributed by atoms with Crippen LogP contribution in [-0.2, 0) is 19.1 Å². The molecule has 122 valence electrons. The maximum absolute atomic E-state index is 12.0. The van der Waals surface area contributed by atoms with E-state index >= 15 is 0 Å². The Bertz CT molecular complexity index is 390. The summed E-state index contributed by atoms with van der Waals surface area (Å²) in [5.74, 6) is -0.450. The molecule has 6 nitrogen and oxygen atoms in total. The van der Waals surface area contributed by atoms with E-state index in [0.29, 0.717) is 6.42 Å². The molecule has 0 spiro atoms. The van der Waals surface area contributed by atoms with Crippen molar-refractivity contribution in [3.8, 4) is 0 Å². The van der Waals surface area contributed by atoms with Gasteiger partial charge in [-0.2, -0.15) is 0 Å². The first-order valence-corrected chi connectivity index (χ1v) is 7.31. The fourth-order valence-electron chi connectivity index (χ4n) is 2.42. The first-order valence-electron chi connectivity index (χ1n) is 7.31. The Morgan fingerprint density at radius 2 is 1.95 bits per heavy atom. The molecule has 1 fully saturated rings. The molecule has 0 aromatic heterocycles. The van der Waals surface area contributed by atoms with E-state index in [0.717, 1.165) is 13.0 Å². The van der Waals surface area contributed by atoms with Crippen LogP contribution in [0.5, 0.6) is 0 Å². The van der Waals surface area contributed by atoms with Gasteiger partial charge in [-0.15, -0.1) is 0 Å². The van der Waals surface area contributed by atoms with Gasteiger partial charge in [0.2, 0.25) is 0 Å². The number of hydrogen-bond acceptors (Lipinski definition) is 6. The van der Waals surface area contributed by atoms with Crippen molar-refractivity contribution in [3.63, 3.8) is 0 Å². The smallest absolute Gasteiger partial charge is 0.326 e. The van der Waals surface area contributed by atoms with Crippen molar-refractivity contribution in [2.75, 3.05) is 34.3 Å². The molecular formula is C15H28N2O4. The zero-order valence-electron chi connectivity index (χ0n) is 14.0. The molecule has 6 heteroatoms. The molecule has 1 aliphatic carbocycles. The summed E-state index contributed by atoms with van der Waals surface area (Å²) < 4.78 is 10.1. The standard InChI is InChI=1S/C15H28N2O4/c1-14(2,3)21-12(18)10-16-15(13(19)20-6)9-11(15)7-8-17(4)5/h11,16H,7-10H2,1-6H3. The molecule has 0 saturated heterocycles. The number of esters is 2. The molecule has 2 unspecified atom stereocenters. The third-order valence-electron chi connectivity index (χ3n) is 3.55. The SMILES string of the molecule is COC(=O)C1(NCC(=O)OC(C)(C)C)CC1CCN(C)C. The van der Waals surface area contributed by atoms with Gasteiger partial charge < -0.3 is 14.4 Å². The number of nitrogens with one attached hydrogen (secondary N) is 1. The van der Waals surface area contributed by atoms with Gasteiger partial charge in [-0.05, 0) is 60.2 Å². The van der Waals surface area contributed by atoms with Gasteiger partial charge in [-0.1, -0.05) is 0 Å². The van der Waals surface area contributed by atoms with E-state index in [2.05, 4.69) is 10.2 Å². The first kappa shape index (κ1) is 17.9. The Hall–Kier alpha value is -1.14. The Morgan fingerprint density at radius 3 is 2.43 bits per heavy atom. The van der Waals surface area contributed by atoms with Crippen LogP contribution in [0.2, 0.25) is 0 Å². The second kappa shape index (κ2) is 6.75. The average molecular weight is 300 g/mol. The van der Waals surface area contributed by atoms with E-state index in [1.165, 1.54) is 7.11 Å². The molecule has 0 amide bonds. The summed E-state index contributed by atoms with van der Waals surface area (Å²) in [7, 11) is 5.37. The van der Waals surface area contributed by atoms with Crippen molar-refractivity contribution in [3.05, 3.63) is 0 Å². The van der Waals surface area contributed by atoms with Gasteiger partial charge in [0, 0.05) is 0 Å². The number of ether oxygens (including phenoxy) is 2. The van der Waals surface area contributed by atoms with Crippen molar-refractivity contribution in [2.45, 2.75) is 44.8 Å². The van der Waals surface area contributed by atoms with Crippen molar-refractivity contribution >= 4 is 11.9 Å². The normalized spacial score (nSPS) is 24.8. The minimum absolute atomic E-state index is 0.0187. The van der Waals surface area contributed by atoms with E-state index in [1.54, 1.807) is 0 Å². The van der Waals surface area contributed by atoms with Crippen LogP contribution >= 0.6 is 0 Å². The van der Waals surface area contributed by atoms with Crippen LogP contribution in [0.1, 0.15) is 33.6 Å². The molecule has 0 aliphatic heterocycles. The van der Waals surface area contributed by atoms with Crippen molar-refractivity contribution in [1.29, 1.82) is 0 Å².